The number of allylic oxidation sites excluding steroid dienone is 1. The number of non-ortho nitro benzene ring substituents is 1. The van der Waals surface area contributed by atoms with Crippen LogP contribution in [0.25, 0.3) is 11.4 Å². The third-order valence-electron chi connectivity index (χ3n) is 3.70. The van der Waals surface area contributed by atoms with Crippen LogP contribution in [0.4, 0.5) is 5.69 Å². The summed E-state index contributed by atoms with van der Waals surface area (Å²) in [5, 5.41) is 20.3. The quantitative estimate of drug-likeness (QED) is 0.319. The number of methoxy groups -OCH3 is 1. The summed E-state index contributed by atoms with van der Waals surface area (Å²) in [5.74, 6) is 1.31. The van der Waals surface area contributed by atoms with E-state index in [0.29, 0.717) is 28.2 Å². The summed E-state index contributed by atoms with van der Waals surface area (Å²) < 4.78 is 7.30. The van der Waals surface area contributed by atoms with Gasteiger partial charge in [0.1, 0.15) is 5.75 Å². The number of aromatic nitrogens is 3. The number of para-hydroxylation sites is 1. The fourth-order valence-corrected chi connectivity index (χ4v) is 3.60. The first-order valence-corrected chi connectivity index (χ1v) is 9.04. The van der Waals surface area contributed by atoms with Gasteiger partial charge in [0.05, 0.1) is 22.6 Å². The number of nitrogens with zero attached hydrogens (tertiary/aromatic N) is 4. The van der Waals surface area contributed by atoms with Crippen molar-refractivity contribution < 1.29 is 9.66 Å². The molecule has 0 radical (unpaired) electrons. The minimum atomic E-state index is -0.486. The first-order valence-electron chi connectivity index (χ1n) is 7.84. The van der Waals surface area contributed by atoms with Crippen molar-refractivity contribution in [1.29, 1.82) is 0 Å². The molecule has 0 aliphatic heterocycles. The van der Waals surface area contributed by atoms with Gasteiger partial charge in [-0.25, -0.2) is 0 Å². The maximum Gasteiger partial charge on any atom is 0.270 e. The third-order valence-corrected chi connectivity index (χ3v) is 5.19. The number of hydrogen-bond donors (Lipinski definition) is 0. The summed E-state index contributed by atoms with van der Waals surface area (Å²) in [6.45, 7) is 4.27. The first kappa shape index (κ1) is 18.9. The highest BCUT2D eigenvalue weighted by Crippen LogP contribution is 2.37. The zero-order chi connectivity index (χ0) is 19.4. The molecule has 0 bridgehead atoms. The largest absolute Gasteiger partial charge is 0.496 e. The lowest BCUT2D eigenvalue weighted by Gasteiger charge is -2.11. The number of ether oxygens (including phenoxy) is 1. The summed E-state index contributed by atoms with van der Waals surface area (Å²) in [6, 6.07) is 11.8. The summed E-state index contributed by atoms with van der Waals surface area (Å²) >= 11 is 7.48. The van der Waals surface area contributed by atoms with E-state index in [-0.39, 0.29) is 10.7 Å². The van der Waals surface area contributed by atoms with Crippen LogP contribution in [-0.2, 0) is 6.54 Å². The van der Waals surface area contributed by atoms with Gasteiger partial charge >= 0.3 is 0 Å². The van der Waals surface area contributed by atoms with Crippen LogP contribution < -0.4 is 4.74 Å². The van der Waals surface area contributed by atoms with Gasteiger partial charge in [0.2, 0.25) is 0 Å². The molecule has 0 saturated carbocycles. The van der Waals surface area contributed by atoms with E-state index < -0.39 is 4.92 Å². The molecule has 0 N–H and O–H groups in total. The lowest BCUT2D eigenvalue weighted by Crippen LogP contribution is -2.01. The summed E-state index contributed by atoms with van der Waals surface area (Å²) in [7, 11) is 1.60. The van der Waals surface area contributed by atoms with E-state index >= 15 is 0 Å². The van der Waals surface area contributed by atoms with Crippen LogP contribution in [0.3, 0.4) is 0 Å². The predicted octanol–water partition coefficient (Wildman–Crippen LogP) is 4.85. The highest BCUT2D eigenvalue weighted by Gasteiger charge is 2.19. The molecule has 7 nitrogen and oxygen atoms in total. The smallest absolute Gasteiger partial charge is 0.270 e. The van der Waals surface area contributed by atoms with Crippen molar-refractivity contribution in [2.75, 3.05) is 7.11 Å². The molecule has 9 heteroatoms. The normalized spacial score (nSPS) is 10.6. The van der Waals surface area contributed by atoms with Gasteiger partial charge in [-0.1, -0.05) is 29.8 Å². The van der Waals surface area contributed by atoms with E-state index in [1.807, 2.05) is 28.8 Å². The topological polar surface area (TPSA) is 83.1 Å². The SMILES string of the molecule is C=CCn1c(Sc2ccc([N+](=O)[O-])cc2Cl)nnc1-c1ccccc1OC. The molecule has 0 fully saturated rings. The van der Waals surface area contributed by atoms with E-state index in [2.05, 4.69) is 16.8 Å². The number of hydrogen-bond acceptors (Lipinski definition) is 6. The van der Waals surface area contributed by atoms with Crippen LogP contribution in [-0.4, -0.2) is 26.8 Å². The van der Waals surface area contributed by atoms with Crippen molar-refractivity contribution in [3.63, 3.8) is 0 Å². The van der Waals surface area contributed by atoms with Crippen molar-refractivity contribution in [3.05, 3.63) is 70.3 Å². The number of nitro benzene ring substituents is 1. The van der Waals surface area contributed by atoms with Gasteiger partial charge in [0.25, 0.3) is 5.69 Å². The maximum absolute atomic E-state index is 10.9. The molecule has 3 rings (SSSR count). The van der Waals surface area contributed by atoms with E-state index in [9.17, 15) is 10.1 Å². The van der Waals surface area contributed by atoms with Gasteiger partial charge in [0.15, 0.2) is 11.0 Å². The number of halogens is 1. The zero-order valence-corrected chi connectivity index (χ0v) is 15.9. The van der Waals surface area contributed by atoms with Gasteiger partial charge in [-0.15, -0.1) is 16.8 Å². The van der Waals surface area contributed by atoms with Gasteiger partial charge in [-0.3, -0.25) is 14.7 Å². The molecule has 138 valence electrons. The minimum Gasteiger partial charge on any atom is -0.496 e. The van der Waals surface area contributed by atoms with Gasteiger partial charge < -0.3 is 4.74 Å². The molecule has 0 aliphatic carbocycles. The highest BCUT2D eigenvalue weighted by atomic mass is 35.5. The van der Waals surface area contributed by atoms with E-state index in [4.69, 9.17) is 16.3 Å². The summed E-state index contributed by atoms with van der Waals surface area (Å²) in [4.78, 5) is 11.0. The Morgan fingerprint density at radius 1 is 1.33 bits per heavy atom. The molecule has 0 saturated heterocycles. The maximum atomic E-state index is 10.9. The lowest BCUT2D eigenvalue weighted by molar-refractivity contribution is -0.384. The summed E-state index contributed by atoms with van der Waals surface area (Å²) in [6.07, 6.45) is 1.74. The Bertz CT molecular complexity index is 1010. The molecular weight excluding hydrogens is 388 g/mol. The average Bonchev–Trinajstić information content (AvgIpc) is 3.05. The van der Waals surface area contributed by atoms with Crippen LogP contribution >= 0.6 is 23.4 Å². The van der Waals surface area contributed by atoms with Crippen molar-refractivity contribution >= 4 is 29.1 Å². The lowest BCUT2D eigenvalue weighted by atomic mass is 10.2. The summed E-state index contributed by atoms with van der Waals surface area (Å²) in [5.41, 5.74) is 0.739. The fourth-order valence-electron chi connectivity index (χ4n) is 2.47. The zero-order valence-electron chi connectivity index (χ0n) is 14.3. The van der Waals surface area contributed by atoms with E-state index in [1.54, 1.807) is 19.3 Å². The Kier molecular flexibility index (Phi) is 5.78. The van der Waals surface area contributed by atoms with Crippen LogP contribution in [0.15, 0.2) is 65.2 Å². The van der Waals surface area contributed by atoms with E-state index in [1.165, 1.54) is 23.9 Å². The second-order valence-corrected chi connectivity index (χ2v) is 6.80. The molecule has 0 unspecified atom stereocenters. The van der Waals surface area contributed by atoms with Gasteiger partial charge in [-0.2, -0.15) is 0 Å². The van der Waals surface area contributed by atoms with Crippen LogP contribution in [0.1, 0.15) is 0 Å². The number of nitro groups is 1. The molecule has 0 aliphatic rings. The Balaban J connectivity index is 2.01. The fraction of sp³-hybridized carbons (Fsp3) is 0.111. The predicted molar refractivity (Wildman–Crippen MR) is 104 cm³/mol. The van der Waals surface area contributed by atoms with Crippen molar-refractivity contribution in [1.82, 2.24) is 14.8 Å². The molecule has 2 aromatic carbocycles. The average molecular weight is 403 g/mol. The number of benzene rings is 2. The molecule has 0 spiro atoms. The molecule has 27 heavy (non-hydrogen) atoms. The second kappa shape index (κ2) is 8.24. The van der Waals surface area contributed by atoms with Gasteiger partial charge in [-0.05, 0) is 30.0 Å². The van der Waals surface area contributed by atoms with Crippen molar-refractivity contribution in [2.24, 2.45) is 0 Å². The van der Waals surface area contributed by atoms with Crippen LogP contribution in [0.2, 0.25) is 5.02 Å². The molecule has 1 aromatic heterocycles. The highest BCUT2D eigenvalue weighted by molar-refractivity contribution is 7.99. The van der Waals surface area contributed by atoms with Gasteiger partial charge in [0, 0.05) is 23.6 Å². The minimum absolute atomic E-state index is 0.0633. The molecule has 0 amide bonds. The van der Waals surface area contributed by atoms with Crippen LogP contribution in [0.5, 0.6) is 5.75 Å². The third kappa shape index (κ3) is 3.96. The Morgan fingerprint density at radius 3 is 2.78 bits per heavy atom. The molecular formula is C18H15ClN4O3S. The van der Waals surface area contributed by atoms with Crippen molar-refractivity contribution in [2.45, 2.75) is 16.6 Å². The molecule has 1 heterocycles. The Morgan fingerprint density at radius 2 is 2.11 bits per heavy atom. The molecule has 3 aromatic rings. The van der Waals surface area contributed by atoms with Crippen LogP contribution in [0, 0.1) is 10.1 Å². The Labute approximate surface area is 164 Å². The first-order chi connectivity index (χ1) is 13.0. The Hall–Kier alpha value is -2.84. The number of rotatable bonds is 7. The monoisotopic (exact) mass is 402 g/mol. The molecule has 0 atom stereocenters. The standard InChI is InChI=1S/C18H15ClN4O3S/c1-3-10-22-17(13-6-4-5-7-15(13)26-2)20-21-18(22)27-16-9-8-12(23(24)25)11-14(16)19/h3-9,11H,1,10H2,2H3. The van der Waals surface area contributed by atoms with E-state index in [0.717, 1.165) is 5.56 Å². The second-order valence-electron chi connectivity index (χ2n) is 5.38. The van der Waals surface area contributed by atoms with Crippen molar-refractivity contribution in [3.8, 4) is 17.1 Å².